The molecule has 0 bridgehead atoms. The van der Waals surface area contributed by atoms with Gasteiger partial charge < -0.3 is 19.5 Å². The fraction of sp³-hybridized carbons (Fsp3) is 0.333. The number of nitrogens with zero attached hydrogens (tertiary/aromatic N) is 4. The summed E-state index contributed by atoms with van der Waals surface area (Å²) in [5.74, 6) is 2.89. The third-order valence-electron chi connectivity index (χ3n) is 4.94. The number of carbonyl (C=O) groups is 1. The van der Waals surface area contributed by atoms with E-state index >= 15 is 0 Å². The smallest absolute Gasteiger partial charge is 0.332 e. The second-order valence-electron chi connectivity index (χ2n) is 7.29. The first-order chi connectivity index (χ1) is 15.5. The van der Waals surface area contributed by atoms with E-state index in [-0.39, 0.29) is 6.03 Å². The number of hydrogen-bond acceptors (Lipinski definition) is 9. The van der Waals surface area contributed by atoms with Crippen LogP contribution in [0.4, 0.5) is 22.1 Å². The Morgan fingerprint density at radius 2 is 1.78 bits per heavy atom. The van der Waals surface area contributed by atoms with Crippen LogP contribution in [0.15, 0.2) is 30.5 Å². The molecule has 4 rings (SSSR count). The van der Waals surface area contributed by atoms with Crippen LogP contribution in [0.25, 0.3) is 11.2 Å². The minimum Gasteiger partial charge on any atom is -0.493 e. The number of rotatable bonds is 8. The molecule has 1 aliphatic rings. The van der Waals surface area contributed by atoms with Crippen molar-refractivity contribution in [3.05, 3.63) is 30.5 Å². The van der Waals surface area contributed by atoms with E-state index in [1.54, 1.807) is 51.8 Å². The van der Waals surface area contributed by atoms with Crippen molar-refractivity contribution in [1.82, 2.24) is 19.3 Å². The number of aromatic nitrogens is 3. The van der Waals surface area contributed by atoms with Gasteiger partial charge in [0.1, 0.15) is 11.3 Å². The first-order valence-corrected chi connectivity index (χ1v) is 10.4. The molecule has 0 aliphatic heterocycles. The number of pyridine rings is 1. The molecule has 1 aliphatic carbocycles. The molecule has 1 saturated carbocycles. The van der Waals surface area contributed by atoms with Crippen molar-refractivity contribution < 1.29 is 19.0 Å². The molecular formula is C21H24N6O4S. The van der Waals surface area contributed by atoms with Gasteiger partial charge in [-0.1, -0.05) is 12.8 Å². The van der Waals surface area contributed by atoms with E-state index in [2.05, 4.69) is 38.4 Å². The van der Waals surface area contributed by atoms with Gasteiger partial charge in [-0.05, 0) is 30.9 Å². The van der Waals surface area contributed by atoms with Gasteiger partial charge in [-0.25, -0.2) is 19.7 Å². The number of anilines is 3. The summed E-state index contributed by atoms with van der Waals surface area (Å²) in [5, 5.41) is 5.91. The Labute approximate surface area is 190 Å². The van der Waals surface area contributed by atoms with Crippen molar-refractivity contribution in [2.75, 3.05) is 38.5 Å². The fourth-order valence-electron chi connectivity index (χ4n) is 3.13. The Morgan fingerprint density at radius 3 is 2.41 bits per heavy atom. The molecule has 2 amide bonds. The highest BCUT2D eigenvalue weighted by atomic mass is 32.1. The molecule has 2 heterocycles. The molecule has 11 heteroatoms. The first-order valence-electron chi connectivity index (χ1n) is 9.99. The van der Waals surface area contributed by atoms with Crippen molar-refractivity contribution in [3.63, 3.8) is 0 Å². The van der Waals surface area contributed by atoms with Crippen molar-refractivity contribution in [3.8, 4) is 17.2 Å². The van der Waals surface area contributed by atoms with Crippen LogP contribution in [0.1, 0.15) is 12.8 Å². The number of fused-ring (bicyclic) bond motifs is 1. The number of urea groups is 1. The van der Waals surface area contributed by atoms with Crippen molar-refractivity contribution in [2.45, 2.75) is 12.8 Å². The molecule has 168 valence electrons. The standard InChI is InChI=1S/C21H24N6O4S/c1-29-15-8-13(9-16(30-2)19(15)31-3)23-18-10-22-14-6-7-17(24-20(14)25-18)26-21(28)27(32)11-12-4-5-12/h6-10,12,32H,4-5,11H2,1-3H3,(H2,23,24,25,26,28). The summed E-state index contributed by atoms with van der Waals surface area (Å²) < 4.78 is 17.5. The molecule has 2 aromatic heterocycles. The Kier molecular flexibility index (Phi) is 6.35. The van der Waals surface area contributed by atoms with Crippen LogP contribution in [0, 0.1) is 5.92 Å². The molecule has 0 radical (unpaired) electrons. The summed E-state index contributed by atoms with van der Waals surface area (Å²) in [4.78, 5) is 25.6. The number of hydrogen-bond donors (Lipinski definition) is 3. The van der Waals surface area contributed by atoms with E-state index in [1.165, 1.54) is 4.31 Å². The van der Waals surface area contributed by atoms with Crippen LogP contribution in [0.2, 0.25) is 0 Å². The van der Waals surface area contributed by atoms with Gasteiger partial charge in [-0.15, -0.1) is 0 Å². The second-order valence-corrected chi connectivity index (χ2v) is 7.77. The number of nitrogens with one attached hydrogen (secondary N) is 2. The maximum absolute atomic E-state index is 12.3. The van der Waals surface area contributed by atoms with Crippen LogP contribution >= 0.6 is 12.8 Å². The minimum atomic E-state index is -0.327. The van der Waals surface area contributed by atoms with Gasteiger partial charge in [0, 0.05) is 24.4 Å². The van der Waals surface area contributed by atoms with Crippen LogP contribution in [-0.2, 0) is 0 Å². The van der Waals surface area contributed by atoms with E-state index in [0.717, 1.165) is 12.8 Å². The highest BCUT2D eigenvalue weighted by Gasteiger charge is 2.25. The van der Waals surface area contributed by atoms with E-state index in [4.69, 9.17) is 14.2 Å². The molecule has 1 aromatic carbocycles. The van der Waals surface area contributed by atoms with Crippen molar-refractivity contribution >= 4 is 47.3 Å². The van der Waals surface area contributed by atoms with E-state index in [0.29, 0.717) is 58.2 Å². The monoisotopic (exact) mass is 456 g/mol. The second kappa shape index (κ2) is 9.35. The SMILES string of the molecule is COc1cc(Nc2cnc3ccc(NC(=O)N(S)CC4CC4)nc3n2)cc(OC)c1OC. The van der Waals surface area contributed by atoms with Gasteiger partial charge in [0.15, 0.2) is 23.0 Å². The van der Waals surface area contributed by atoms with E-state index in [1.807, 2.05) is 0 Å². The van der Waals surface area contributed by atoms with Gasteiger partial charge in [-0.3, -0.25) is 9.62 Å². The molecular weight excluding hydrogens is 432 g/mol. The summed E-state index contributed by atoms with van der Waals surface area (Å²) in [6.45, 7) is 0.616. The molecule has 3 aromatic rings. The highest BCUT2D eigenvalue weighted by Crippen LogP contribution is 2.40. The van der Waals surface area contributed by atoms with Gasteiger partial charge >= 0.3 is 6.03 Å². The topological polar surface area (TPSA) is 111 Å². The lowest BCUT2D eigenvalue weighted by molar-refractivity contribution is 0.238. The van der Waals surface area contributed by atoms with E-state index < -0.39 is 0 Å². The summed E-state index contributed by atoms with van der Waals surface area (Å²) in [6, 6.07) is 6.63. The third-order valence-corrected chi connectivity index (χ3v) is 5.29. The molecule has 0 spiro atoms. The molecule has 0 saturated heterocycles. The zero-order chi connectivity index (χ0) is 22.7. The molecule has 1 fully saturated rings. The van der Waals surface area contributed by atoms with Gasteiger partial charge in [0.2, 0.25) is 5.75 Å². The lowest BCUT2D eigenvalue weighted by Crippen LogP contribution is -2.29. The zero-order valence-electron chi connectivity index (χ0n) is 18.0. The number of benzene rings is 1. The first kappa shape index (κ1) is 21.8. The van der Waals surface area contributed by atoms with Crippen LogP contribution < -0.4 is 24.8 Å². The van der Waals surface area contributed by atoms with Crippen LogP contribution in [0.3, 0.4) is 0 Å². The molecule has 2 N–H and O–H groups in total. The van der Waals surface area contributed by atoms with Crippen molar-refractivity contribution in [1.29, 1.82) is 0 Å². The molecule has 0 unspecified atom stereocenters. The summed E-state index contributed by atoms with van der Waals surface area (Å²) in [5.41, 5.74) is 1.65. The van der Waals surface area contributed by atoms with Crippen molar-refractivity contribution in [2.24, 2.45) is 5.92 Å². The number of methoxy groups -OCH3 is 3. The Morgan fingerprint density at radius 1 is 1.09 bits per heavy atom. The average Bonchev–Trinajstić information content (AvgIpc) is 3.62. The van der Waals surface area contributed by atoms with Gasteiger partial charge in [-0.2, -0.15) is 0 Å². The third kappa shape index (κ3) is 4.88. The summed E-state index contributed by atoms with van der Waals surface area (Å²) in [7, 11) is 4.64. The number of thiol groups is 1. The predicted octanol–water partition coefficient (Wildman–Crippen LogP) is 3.88. The number of carbonyl (C=O) groups excluding carboxylic acids is 1. The maximum Gasteiger partial charge on any atom is 0.332 e. The average molecular weight is 457 g/mol. The summed E-state index contributed by atoms with van der Waals surface area (Å²) >= 11 is 4.25. The molecule has 0 atom stereocenters. The van der Waals surface area contributed by atoms with Crippen LogP contribution in [-0.4, -0.2) is 53.2 Å². The maximum atomic E-state index is 12.3. The van der Waals surface area contributed by atoms with Crippen LogP contribution in [0.5, 0.6) is 17.2 Å². The van der Waals surface area contributed by atoms with E-state index in [9.17, 15) is 4.79 Å². The quantitative estimate of drug-likeness (QED) is 0.438. The molecule has 10 nitrogen and oxygen atoms in total. The van der Waals surface area contributed by atoms with Gasteiger partial charge in [0.05, 0.1) is 27.5 Å². The number of ether oxygens (including phenoxy) is 3. The normalized spacial score (nSPS) is 12.9. The Bertz CT molecular complexity index is 1120. The molecule has 32 heavy (non-hydrogen) atoms. The largest absolute Gasteiger partial charge is 0.493 e. The Hall–Kier alpha value is -3.47. The summed E-state index contributed by atoms with van der Waals surface area (Å²) in [6.07, 6.45) is 3.86. The highest BCUT2D eigenvalue weighted by molar-refractivity contribution is 7.78. The lowest BCUT2D eigenvalue weighted by atomic mass is 10.2. The zero-order valence-corrected chi connectivity index (χ0v) is 18.8. The Balaban J connectivity index is 1.54. The van der Waals surface area contributed by atoms with Gasteiger partial charge in [0.25, 0.3) is 0 Å². The lowest BCUT2D eigenvalue weighted by Gasteiger charge is -2.16. The predicted molar refractivity (Wildman–Crippen MR) is 124 cm³/mol. The fourth-order valence-corrected chi connectivity index (χ4v) is 3.41. The number of amides is 2. The minimum absolute atomic E-state index is 0.327.